The molecule has 0 amide bonds. The number of nitrogens with two attached hydrogens (primary N) is 1. The molecule has 1 fully saturated rings. The first kappa shape index (κ1) is 10.4. The molecule has 2 aromatic rings. The van der Waals surface area contributed by atoms with Gasteiger partial charge in [0.1, 0.15) is 0 Å². The number of rotatable bonds is 1. The lowest BCUT2D eigenvalue weighted by atomic mass is 10.1. The van der Waals surface area contributed by atoms with Gasteiger partial charge < -0.3 is 16.0 Å². The van der Waals surface area contributed by atoms with Crippen molar-refractivity contribution >= 4 is 22.3 Å². The van der Waals surface area contributed by atoms with Crippen LogP contribution in [0.4, 0.5) is 11.4 Å². The van der Waals surface area contributed by atoms with E-state index in [1.807, 2.05) is 18.2 Å². The van der Waals surface area contributed by atoms with Crippen LogP contribution in [-0.4, -0.2) is 31.2 Å². The second-order valence-electron chi connectivity index (χ2n) is 4.31. The summed E-state index contributed by atoms with van der Waals surface area (Å²) in [6.45, 7) is 4.06. The Balaban J connectivity index is 2.07. The summed E-state index contributed by atoms with van der Waals surface area (Å²) < 4.78 is 0. The van der Waals surface area contributed by atoms with Crippen molar-refractivity contribution in [2.75, 3.05) is 36.8 Å². The first-order valence-corrected chi connectivity index (χ1v) is 5.95. The van der Waals surface area contributed by atoms with Crippen molar-refractivity contribution in [3.05, 3.63) is 30.5 Å². The molecule has 0 aliphatic carbocycles. The highest BCUT2D eigenvalue weighted by Crippen LogP contribution is 2.30. The lowest BCUT2D eigenvalue weighted by Gasteiger charge is -2.30. The topological polar surface area (TPSA) is 54.2 Å². The smallest absolute Gasteiger partial charge is 0.0724 e. The molecule has 0 atom stereocenters. The number of fused-ring (bicyclic) bond motifs is 1. The Bertz CT molecular complexity index is 532. The van der Waals surface area contributed by atoms with Crippen molar-refractivity contribution in [3.8, 4) is 0 Å². The molecular formula is C13H16N4. The minimum Gasteiger partial charge on any atom is -0.396 e. The molecule has 0 saturated carbocycles. The van der Waals surface area contributed by atoms with Gasteiger partial charge in [-0.05, 0) is 24.3 Å². The number of nitrogens with zero attached hydrogens (tertiary/aromatic N) is 2. The lowest BCUT2D eigenvalue weighted by Crippen LogP contribution is -2.43. The molecular weight excluding hydrogens is 212 g/mol. The van der Waals surface area contributed by atoms with Gasteiger partial charge in [0.2, 0.25) is 0 Å². The third-order valence-corrected chi connectivity index (χ3v) is 3.26. The third kappa shape index (κ3) is 1.80. The second-order valence-corrected chi connectivity index (χ2v) is 4.31. The van der Waals surface area contributed by atoms with Crippen molar-refractivity contribution in [1.29, 1.82) is 0 Å². The number of hydrogen-bond donors (Lipinski definition) is 2. The van der Waals surface area contributed by atoms with E-state index in [1.165, 1.54) is 0 Å². The molecule has 1 saturated heterocycles. The average molecular weight is 228 g/mol. The summed E-state index contributed by atoms with van der Waals surface area (Å²) >= 11 is 0. The molecule has 0 bridgehead atoms. The Morgan fingerprint density at radius 1 is 1.18 bits per heavy atom. The van der Waals surface area contributed by atoms with Crippen LogP contribution in [0.25, 0.3) is 10.9 Å². The molecule has 2 heterocycles. The van der Waals surface area contributed by atoms with Crippen molar-refractivity contribution in [1.82, 2.24) is 10.3 Å². The molecule has 1 aromatic carbocycles. The predicted octanol–water partition coefficient (Wildman–Crippen LogP) is 1.23. The van der Waals surface area contributed by atoms with Gasteiger partial charge in [0, 0.05) is 37.8 Å². The van der Waals surface area contributed by atoms with Gasteiger partial charge in [-0.15, -0.1) is 0 Å². The van der Waals surface area contributed by atoms with Crippen molar-refractivity contribution < 1.29 is 0 Å². The highest BCUT2D eigenvalue weighted by molar-refractivity contribution is 5.97. The Morgan fingerprint density at radius 3 is 2.82 bits per heavy atom. The molecule has 0 spiro atoms. The second kappa shape index (κ2) is 4.22. The van der Waals surface area contributed by atoms with Crippen LogP contribution in [0.2, 0.25) is 0 Å². The maximum absolute atomic E-state index is 6.25. The SMILES string of the molecule is Nc1c(N2CCNCC2)ccc2ncccc12. The van der Waals surface area contributed by atoms with E-state index in [4.69, 9.17) is 5.73 Å². The van der Waals surface area contributed by atoms with Gasteiger partial charge in [0.25, 0.3) is 0 Å². The highest BCUT2D eigenvalue weighted by Gasteiger charge is 2.14. The van der Waals surface area contributed by atoms with E-state index in [0.717, 1.165) is 48.5 Å². The van der Waals surface area contributed by atoms with Crippen LogP contribution in [0.5, 0.6) is 0 Å². The van der Waals surface area contributed by atoms with Crippen molar-refractivity contribution in [2.45, 2.75) is 0 Å². The summed E-state index contributed by atoms with van der Waals surface area (Å²) in [7, 11) is 0. The normalized spacial score (nSPS) is 16.4. The van der Waals surface area contributed by atoms with Crippen LogP contribution in [0, 0.1) is 0 Å². The Labute approximate surface area is 100 Å². The molecule has 0 unspecified atom stereocenters. The average Bonchev–Trinajstić information content (AvgIpc) is 2.40. The number of benzene rings is 1. The molecule has 1 aliphatic heterocycles. The number of hydrogen-bond acceptors (Lipinski definition) is 4. The van der Waals surface area contributed by atoms with Gasteiger partial charge >= 0.3 is 0 Å². The molecule has 88 valence electrons. The highest BCUT2D eigenvalue weighted by atomic mass is 15.2. The molecule has 1 aliphatic rings. The van der Waals surface area contributed by atoms with Crippen molar-refractivity contribution in [2.24, 2.45) is 0 Å². The number of nitrogens with one attached hydrogen (secondary N) is 1. The number of nitrogen functional groups attached to an aromatic ring is 1. The zero-order valence-electron chi connectivity index (χ0n) is 9.69. The quantitative estimate of drug-likeness (QED) is 0.721. The summed E-state index contributed by atoms with van der Waals surface area (Å²) in [4.78, 5) is 6.65. The van der Waals surface area contributed by atoms with E-state index in [0.29, 0.717) is 0 Å². The Hall–Kier alpha value is -1.81. The summed E-state index contributed by atoms with van der Waals surface area (Å²) in [6, 6.07) is 8.09. The fraction of sp³-hybridized carbons (Fsp3) is 0.308. The number of aromatic nitrogens is 1. The molecule has 4 heteroatoms. The first-order valence-electron chi connectivity index (χ1n) is 5.95. The van der Waals surface area contributed by atoms with Crippen LogP contribution < -0.4 is 16.0 Å². The molecule has 1 aromatic heterocycles. The van der Waals surface area contributed by atoms with Gasteiger partial charge in [-0.3, -0.25) is 4.98 Å². The minimum absolute atomic E-state index is 0.845. The van der Waals surface area contributed by atoms with Gasteiger partial charge in [-0.25, -0.2) is 0 Å². The number of pyridine rings is 1. The number of anilines is 2. The van der Waals surface area contributed by atoms with Crippen molar-refractivity contribution in [3.63, 3.8) is 0 Å². The van der Waals surface area contributed by atoms with Crippen LogP contribution in [0.3, 0.4) is 0 Å². The molecule has 3 rings (SSSR count). The Morgan fingerprint density at radius 2 is 2.00 bits per heavy atom. The van der Waals surface area contributed by atoms with Crippen LogP contribution in [0.1, 0.15) is 0 Å². The number of piperazine rings is 1. The van der Waals surface area contributed by atoms with Crippen LogP contribution in [-0.2, 0) is 0 Å². The van der Waals surface area contributed by atoms with Gasteiger partial charge in [-0.1, -0.05) is 0 Å². The van der Waals surface area contributed by atoms with E-state index in [1.54, 1.807) is 6.20 Å². The lowest BCUT2D eigenvalue weighted by molar-refractivity contribution is 0.590. The molecule has 3 N–H and O–H groups in total. The van der Waals surface area contributed by atoms with E-state index in [9.17, 15) is 0 Å². The molecule has 0 radical (unpaired) electrons. The maximum atomic E-state index is 6.25. The van der Waals surface area contributed by atoms with Crippen LogP contribution >= 0.6 is 0 Å². The summed E-state index contributed by atoms with van der Waals surface area (Å²) in [6.07, 6.45) is 1.80. The largest absolute Gasteiger partial charge is 0.396 e. The van der Waals surface area contributed by atoms with Crippen LogP contribution in [0.15, 0.2) is 30.5 Å². The monoisotopic (exact) mass is 228 g/mol. The summed E-state index contributed by atoms with van der Waals surface area (Å²) in [5.41, 5.74) is 9.19. The Kier molecular flexibility index (Phi) is 2.57. The van der Waals surface area contributed by atoms with E-state index < -0.39 is 0 Å². The fourth-order valence-electron chi connectivity index (χ4n) is 2.35. The van der Waals surface area contributed by atoms with Gasteiger partial charge in [0.15, 0.2) is 0 Å². The fourth-order valence-corrected chi connectivity index (χ4v) is 2.35. The zero-order valence-corrected chi connectivity index (χ0v) is 9.69. The van der Waals surface area contributed by atoms with E-state index >= 15 is 0 Å². The van der Waals surface area contributed by atoms with E-state index in [2.05, 4.69) is 21.3 Å². The molecule has 17 heavy (non-hydrogen) atoms. The molecule has 4 nitrogen and oxygen atoms in total. The zero-order chi connectivity index (χ0) is 11.7. The summed E-state index contributed by atoms with van der Waals surface area (Å²) in [5.74, 6) is 0. The predicted molar refractivity (Wildman–Crippen MR) is 71.2 cm³/mol. The van der Waals surface area contributed by atoms with Gasteiger partial charge in [-0.2, -0.15) is 0 Å². The standard InChI is InChI=1S/C13H16N4/c14-13-10-2-1-5-16-11(10)3-4-12(13)17-8-6-15-7-9-17/h1-5,15H,6-9,14H2. The van der Waals surface area contributed by atoms with Gasteiger partial charge in [0.05, 0.1) is 16.9 Å². The first-order chi connectivity index (χ1) is 8.36. The maximum Gasteiger partial charge on any atom is 0.0724 e. The summed E-state index contributed by atoms with van der Waals surface area (Å²) in [5, 5.41) is 4.39. The minimum atomic E-state index is 0.845. The third-order valence-electron chi connectivity index (χ3n) is 3.26. The van der Waals surface area contributed by atoms with E-state index in [-0.39, 0.29) is 0 Å².